The number of hydrogen-bond acceptors (Lipinski definition) is 3. The summed E-state index contributed by atoms with van der Waals surface area (Å²) in [5.74, 6) is -1.00. The summed E-state index contributed by atoms with van der Waals surface area (Å²) in [6.07, 6.45) is 5.29. The van der Waals surface area contributed by atoms with E-state index >= 15 is 0 Å². The number of carboxylic acid groups (broad SMARTS) is 1. The minimum Gasteiger partial charge on any atom is -0.481 e. The van der Waals surface area contributed by atoms with Gasteiger partial charge in [0, 0.05) is 25.5 Å². The molecule has 2 aromatic heterocycles. The summed E-state index contributed by atoms with van der Waals surface area (Å²) in [5, 5.41) is 10.2. The summed E-state index contributed by atoms with van der Waals surface area (Å²) < 4.78 is 1.80. The molecule has 1 saturated heterocycles. The zero-order chi connectivity index (χ0) is 15.0. The number of fused-ring (bicyclic) bond motifs is 1. The number of imidazole rings is 1. The molecule has 0 amide bonds. The largest absolute Gasteiger partial charge is 0.481 e. The molecule has 0 aliphatic carbocycles. The van der Waals surface area contributed by atoms with Crippen molar-refractivity contribution < 1.29 is 9.90 Å². The van der Waals surface area contributed by atoms with E-state index in [0.29, 0.717) is 28.8 Å². The van der Waals surface area contributed by atoms with Gasteiger partial charge in [-0.3, -0.25) is 9.69 Å². The standard InChI is InChI=1S/C14H15Cl2N3O2/c15-10-4-12(16)13-17-11(8-19(13)6-10)7-18-3-1-2-9(5-18)14(20)21/h4,6,8-9H,1-3,5,7H2,(H,20,21). The van der Waals surface area contributed by atoms with Gasteiger partial charge in [0.25, 0.3) is 0 Å². The summed E-state index contributed by atoms with van der Waals surface area (Å²) in [5.41, 5.74) is 1.54. The SMILES string of the molecule is O=C(O)C1CCCN(Cc2cn3cc(Cl)cc(Cl)c3n2)C1. The predicted molar refractivity (Wildman–Crippen MR) is 80.8 cm³/mol. The smallest absolute Gasteiger partial charge is 0.307 e. The average Bonchev–Trinajstić information content (AvgIpc) is 2.81. The highest BCUT2D eigenvalue weighted by molar-refractivity contribution is 6.36. The topological polar surface area (TPSA) is 57.8 Å². The fourth-order valence-electron chi connectivity index (χ4n) is 2.78. The highest BCUT2D eigenvalue weighted by Gasteiger charge is 2.25. The Morgan fingerprint density at radius 3 is 3.00 bits per heavy atom. The second-order valence-electron chi connectivity index (χ2n) is 5.38. The van der Waals surface area contributed by atoms with Crippen LogP contribution in [-0.2, 0) is 11.3 Å². The van der Waals surface area contributed by atoms with Crippen LogP contribution in [0.25, 0.3) is 5.65 Å². The molecule has 1 N–H and O–H groups in total. The first-order valence-electron chi connectivity index (χ1n) is 6.81. The minimum absolute atomic E-state index is 0.284. The van der Waals surface area contributed by atoms with Crippen LogP contribution >= 0.6 is 23.2 Å². The fraction of sp³-hybridized carbons (Fsp3) is 0.429. The van der Waals surface area contributed by atoms with Crippen LogP contribution in [0.15, 0.2) is 18.5 Å². The number of carboxylic acids is 1. The zero-order valence-electron chi connectivity index (χ0n) is 11.3. The molecule has 112 valence electrons. The van der Waals surface area contributed by atoms with Crippen molar-refractivity contribution in [3.8, 4) is 0 Å². The number of carbonyl (C=O) groups is 1. The molecule has 1 unspecified atom stereocenters. The number of pyridine rings is 1. The van der Waals surface area contributed by atoms with Crippen molar-refractivity contribution in [3.63, 3.8) is 0 Å². The molecule has 0 aromatic carbocycles. The van der Waals surface area contributed by atoms with Crippen LogP contribution in [0.1, 0.15) is 18.5 Å². The molecule has 1 aliphatic heterocycles. The number of aliphatic carboxylic acids is 1. The quantitative estimate of drug-likeness (QED) is 0.941. The third-order valence-corrected chi connectivity index (χ3v) is 4.25. The molecule has 0 spiro atoms. The Labute approximate surface area is 132 Å². The van der Waals surface area contributed by atoms with Crippen molar-refractivity contribution >= 4 is 34.8 Å². The highest BCUT2D eigenvalue weighted by atomic mass is 35.5. The lowest BCUT2D eigenvalue weighted by atomic mass is 9.98. The van der Waals surface area contributed by atoms with E-state index in [-0.39, 0.29) is 5.92 Å². The van der Waals surface area contributed by atoms with Gasteiger partial charge >= 0.3 is 5.97 Å². The molecule has 0 bridgehead atoms. The third kappa shape index (κ3) is 3.15. The molecule has 1 fully saturated rings. The van der Waals surface area contributed by atoms with Crippen LogP contribution < -0.4 is 0 Å². The van der Waals surface area contributed by atoms with Gasteiger partial charge in [-0.05, 0) is 25.5 Å². The normalized spacial score (nSPS) is 20.0. The number of aromatic nitrogens is 2. The van der Waals surface area contributed by atoms with Crippen LogP contribution in [0.3, 0.4) is 0 Å². The van der Waals surface area contributed by atoms with Crippen molar-refractivity contribution in [3.05, 3.63) is 34.2 Å². The van der Waals surface area contributed by atoms with Crippen LogP contribution in [0.4, 0.5) is 0 Å². The van der Waals surface area contributed by atoms with Crippen LogP contribution in [0.5, 0.6) is 0 Å². The van der Waals surface area contributed by atoms with Gasteiger partial charge < -0.3 is 9.51 Å². The Morgan fingerprint density at radius 2 is 2.24 bits per heavy atom. The number of nitrogens with zero attached hydrogens (tertiary/aromatic N) is 3. The van der Waals surface area contributed by atoms with Gasteiger partial charge in [-0.25, -0.2) is 4.98 Å². The lowest BCUT2D eigenvalue weighted by Gasteiger charge is -2.29. The number of likely N-dealkylation sites (tertiary alicyclic amines) is 1. The summed E-state index contributed by atoms with van der Waals surface area (Å²) >= 11 is 12.1. The minimum atomic E-state index is -0.718. The molecule has 5 nitrogen and oxygen atoms in total. The first-order valence-corrected chi connectivity index (χ1v) is 7.56. The Kier molecular flexibility index (Phi) is 4.06. The van der Waals surface area contributed by atoms with Gasteiger partial charge in [0.15, 0.2) is 5.65 Å². The fourth-order valence-corrected chi connectivity index (χ4v) is 3.31. The molecular formula is C14H15Cl2N3O2. The third-order valence-electron chi connectivity index (χ3n) is 3.76. The first kappa shape index (κ1) is 14.6. The van der Waals surface area contributed by atoms with Crippen molar-refractivity contribution in [2.45, 2.75) is 19.4 Å². The second-order valence-corrected chi connectivity index (χ2v) is 6.23. The number of hydrogen-bond donors (Lipinski definition) is 1. The van der Waals surface area contributed by atoms with Gasteiger partial charge in [0.1, 0.15) is 0 Å². The number of halogens is 2. The van der Waals surface area contributed by atoms with E-state index < -0.39 is 5.97 Å². The van der Waals surface area contributed by atoms with E-state index in [9.17, 15) is 4.79 Å². The van der Waals surface area contributed by atoms with Gasteiger partial charge in [-0.15, -0.1) is 0 Å². The van der Waals surface area contributed by atoms with E-state index in [0.717, 1.165) is 25.1 Å². The van der Waals surface area contributed by atoms with Crippen molar-refractivity contribution in [1.29, 1.82) is 0 Å². The Hall–Kier alpha value is -1.30. The Morgan fingerprint density at radius 1 is 1.43 bits per heavy atom. The molecule has 3 heterocycles. The highest BCUT2D eigenvalue weighted by Crippen LogP contribution is 2.23. The summed E-state index contributed by atoms with van der Waals surface area (Å²) in [7, 11) is 0. The van der Waals surface area contributed by atoms with Gasteiger partial charge in [-0.2, -0.15) is 0 Å². The maximum atomic E-state index is 11.1. The van der Waals surface area contributed by atoms with Crippen molar-refractivity contribution in [1.82, 2.24) is 14.3 Å². The van der Waals surface area contributed by atoms with Crippen LogP contribution in [0.2, 0.25) is 10.0 Å². The van der Waals surface area contributed by atoms with Crippen LogP contribution in [-0.4, -0.2) is 38.4 Å². The monoisotopic (exact) mass is 327 g/mol. The molecule has 1 aliphatic rings. The van der Waals surface area contributed by atoms with E-state index in [1.54, 1.807) is 16.7 Å². The van der Waals surface area contributed by atoms with Gasteiger partial charge in [-0.1, -0.05) is 23.2 Å². The molecule has 2 aromatic rings. The molecule has 21 heavy (non-hydrogen) atoms. The van der Waals surface area contributed by atoms with E-state index in [1.165, 1.54) is 0 Å². The van der Waals surface area contributed by atoms with Gasteiger partial charge in [0.2, 0.25) is 0 Å². The average molecular weight is 328 g/mol. The van der Waals surface area contributed by atoms with Crippen LogP contribution in [0, 0.1) is 5.92 Å². The molecule has 3 rings (SSSR count). The van der Waals surface area contributed by atoms with E-state index in [1.807, 2.05) is 6.20 Å². The van der Waals surface area contributed by atoms with E-state index in [4.69, 9.17) is 28.3 Å². The molecular weight excluding hydrogens is 313 g/mol. The van der Waals surface area contributed by atoms with E-state index in [2.05, 4.69) is 9.88 Å². The van der Waals surface area contributed by atoms with Gasteiger partial charge in [0.05, 0.1) is 21.7 Å². The maximum Gasteiger partial charge on any atom is 0.307 e. The Balaban J connectivity index is 1.78. The van der Waals surface area contributed by atoms with Crippen molar-refractivity contribution in [2.75, 3.05) is 13.1 Å². The lowest BCUT2D eigenvalue weighted by Crippen LogP contribution is -2.38. The number of rotatable bonds is 3. The molecule has 0 radical (unpaired) electrons. The summed E-state index contributed by atoms with van der Waals surface area (Å²) in [4.78, 5) is 17.7. The molecule has 1 atom stereocenters. The predicted octanol–water partition coefficient (Wildman–Crippen LogP) is 2.94. The first-order chi connectivity index (χ1) is 10.0. The summed E-state index contributed by atoms with van der Waals surface area (Å²) in [6, 6.07) is 1.66. The molecule has 7 heteroatoms. The Bertz CT molecular complexity index is 686. The lowest BCUT2D eigenvalue weighted by molar-refractivity contribution is -0.143. The van der Waals surface area contributed by atoms with Crippen molar-refractivity contribution in [2.24, 2.45) is 5.92 Å². The molecule has 0 saturated carbocycles. The summed E-state index contributed by atoms with van der Waals surface area (Å²) in [6.45, 7) is 2.09. The number of piperidine rings is 1. The maximum absolute atomic E-state index is 11.1. The second kappa shape index (κ2) is 5.83. The zero-order valence-corrected chi connectivity index (χ0v) is 12.8.